The van der Waals surface area contributed by atoms with Gasteiger partial charge in [0.25, 0.3) is 0 Å². The number of hydrogen-bond donors (Lipinski definition) is 2. The third-order valence-corrected chi connectivity index (χ3v) is 3.00. The lowest BCUT2D eigenvalue weighted by molar-refractivity contribution is 0.384. The molecule has 0 unspecified atom stereocenters. The molecule has 0 atom stereocenters. The summed E-state index contributed by atoms with van der Waals surface area (Å²) < 4.78 is 5.21. The first kappa shape index (κ1) is 13.1. The fraction of sp³-hybridized carbons (Fsp3) is 0.133. The van der Waals surface area contributed by atoms with Crippen molar-refractivity contribution < 1.29 is 9.63 Å². The van der Waals surface area contributed by atoms with Crippen LogP contribution in [0.1, 0.15) is 11.5 Å². The average molecular weight is 282 g/mol. The number of phenolic OH excluding ortho intramolecular Hbond substituents is 1. The predicted molar refractivity (Wildman–Crippen MR) is 77.7 cm³/mol. The van der Waals surface area contributed by atoms with Gasteiger partial charge in [-0.05, 0) is 42.8 Å². The fourth-order valence-electron chi connectivity index (χ4n) is 1.90. The standard InChI is InChI=1S/C15H14N4O2/c1-10-3-2-8-16-14(10)15-18-13(21-19-15)9-17-11-4-6-12(20)7-5-11/h2-8,17,20H,9H2,1H3. The number of hydrogen-bond acceptors (Lipinski definition) is 6. The van der Waals surface area contributed by atoms with Gasteiger partial charge in [-0.2, -0.15) is 4.98 Å². The SMILES string of the molecule is Cc1cccnc1-c1noc(CNc2ccc(O)cc2)n1. The first-order valence-corrected chi connectivity index (χ1v) is 6.50. The van der Waals surface area contributed by atoms with E-state index in [2.05, 4.69) is 20.4 Å². The number of aryl methyl sites for hydroxylation is 1. The van der Waals surface area contributed by atoms with Crippen LogP contribution in [0.15, 0.2) is 47.1 Å². The van der Waals surface area contributed by atoms with Crippen molar-refractivity contribution >= 4 is 5.69 Å². The minimum Gasteiger partial charge on any atom is -0.508 e. The normalized spacial score (nSPS) is 10.5. The van der Waals surface area contributed by atoms with Crippen molar-refractivity contribution in [3.8, 4) is 17.3 Å². The second-order valence-corrected chi connectivity index (χ2v) is 4.58. The highest BCUT2D eigenvalue weighted by Crippen LogP contribution is 2.18. The fourth-order valence-corrected chi connectivity index (χ4v) is 1.90. The van der Waals surface area contributed by atoms with Crippen molar-refractivity contribution in [1.82, 2.24) is 15.1 Å². The van der Waals surface area contributed by atoms with Crippen LogP contribution >= 0.6 is 0 Å². The molecule has 1 aromatic carbocycles. The summed E-state index contributed by atoms with van der Waals surface area (Å²) in [6.45, 7) is 2.36. The average Bonchev–Trinajstić information content (AvgIpc) is 2.96. The Balaban J connectivity index is 1.71. The third-order valence-electron chi connectivity index (χ3n) is 3.00. The minimum atomic E-state index is 0.228. The van der Waals surface area contributed by atoms with Crippen LogP contribution in [0.2, 0.25) is 0 Å². The van der Waals surface area contributed by atoms with Gasteiger partial charge >= 0.3 is 0 Å². The highest BCUT2D eigenvalue weighted by atomic mass is 16.5. The maximum absolute atomic E-state index is 9.22. The highest BCUT2D eigenvalue weighted by molar-refractivity contribution is 5.53. The van der Waals surface area contributed by atoms with E-state index in [9.17, 15) is 5.11 Å². The Bertz CT molecular complexity index is 737. The quantitative estimate of drug-likeness (QED) is 0.716. The van der Waals surface area contributed by atoms with E-state index in [4.69, 9.17) is 4.52 Å². The molecule has 2 heterocycles. The van der Waals surface area contributed by atoms with Crippen LogP contribution in [0.5, 0.6) is 5.75 Å². The number of aromatic nitrogens is 3. The second kappa shape index (κ2) is 5.62. The van der Waals surface area contributed by atoms with Crippen LogP contribution < -0.4 is 5.32 Å². The van der Waals surface area contributed by atoms with Gasteiger partial charge in [0.05, 0.1) is 6.54 Å². The molecular formula is C15H14N4O2. The Morgan fingerprint density at radius 3 is 2.76 bits per heavy atom. The molecular weight excluding hydrogens is 268 g/mol. The summed E-state index contributed by atoms with van der Waals surface area (Å²) in [5, 5.41) is 16.3. The molecule has 3 rings (SSSR count). The van der Waals surface area contributed by atoms with E-state index in [0.29, 0.717) is 18.3 Å². The van der Waals surface area contributed by atoms with E-state index in [0.717, 1.165) is 16.9 Å². The van der Waals surface area contributed by atoms with Gasteiger partial charge in [-0.25, -0.2) is 0 Å². The lowest BCUT2D eigenvalue weighted by Crippen LogP contribution is -1.99. The Morgan fingerprint density at radius 1 is 1.19 bits per heavy atom. The van der Waals surface area contributed by atoms with E-state index in [-0.39, 0.29) is 5.75 Å². The lowest BCUT2D eigenvalue weighted by atomic mass is 10.2. The summed E-state index contributed by atoms with van der Waals surface area (Å²) in [7, 11) is 0. The summed E-state index contributed by atoms with van der Waals surface area (Å²) >= 11 is 0. The predicted octanol–water partition coefficient (Wildman–Crippen LogP) is 2.76. The zero-order valence-electron chi connectivity index (χ0n) is 11.4. The van der Waals surface area contributed by atoms with Gasteiger partial charge in [0, 0.05) is 11.9 Å². The van der Waals surface area contributed by atoms with Crippen molar-refractivity contribution in [3.63, 3.8) is 0 Å². The number of pyridine rings is 1. The molecule has 0 aliphatic rings. The van der Waals surface area contributed by atoms with E-state index in [1.807, 2.05) is 19.1 Å². The van der Waals surface area contributed by atoms with Crippen LogP contribution in [-0.4, -0.2) is 20.2 Å². The number of benzene rings is 1. The minimum absolute atomic E-state index is 0.228. The van der Waals surface area contributed by atoms with Gasteiger partial charge in [-0.1, -0.05) is 11.2 Å². The molecule has 0 saturated carbocycles. The molecule has 0 fully saturated rings. The molecule has 0 saturated heterocycles. The molecule has 0 aliphatic heterocycles. The Kier molecular flexibility index (Phi) is 3.51. The zero-order valence-corrected chi connectivity index (χ0v) is 11.4. The molecule has 0 aliphatic carbocycles. The summed E-state index contributed by atoms with van der Waals surface area (Å²) in [6, 6.07) is 10.6. The van der Waals surface area contributed by atoms with Gasteiger partial charge in [0.2, 0.25) is 11.7 Å². The van der Waals surface area contributed by atoms with Crippen LogP contribution in [-0.2, 0) is 6.54 Å². The first-order chi connectivity index (χ1) is 10.2. The van der Waals surface area contributed by atoms with Crippen LogP contribution in [0.4, 0.5) is 5.69 Å². The van der Waals surface area contributed by atoms with Crippen molar-refractivity contribution in [1.29, 1.82) is 0 Å². The highest BCUT2D eigenvalue weighted by Gasteiger charge is 2.11. The summed E-state index contributed by atoms with van der Waals surface area (Å²) in [5.74, 6) is 1.19. The van der Waals surface area contributed by atoms with Crippen LogP contribution in [0.3, 0.4) is 0 Å². The topological polar surface area (TPSA) is 84.1 Å². The van der Waals surface area contributed by atoms with E-state index >= 15 is 0 Å². The number of rotatable bonds is 4. The van der Waals surface area contributed by atoms with Gasteiger partial charge in [-0.15, -0.1) is 0 Å². The number of aromatic hydroxyl groups is 1. The molecule has 106 valence electrons. The zero-order chi connectivity index (χ0) is 14.7. The third kappa shape index (κ3) is 3.00. The van der Waals surface area contributed by atoms with E-state index in [1.165, 1.54) is 0 Å². The van der Waals surface area contributed by atoms with Gasteiger partial charge in [-0.3, -0.25) is 4.98 Å². The molecule has 0 amide bonds. The van der Waals surface area contributed by atoms with Crippen molar-refractivity contribution in [2.45, 2.75) is 13.5 Å². The van der Waals surface area contributed by atoms with Crippen molar-refractivity contribution in [2.75, 3.05) is 5.32 Å². The second-order valence-electron chi connectivity index (χ2n) is 4.58. The number of nitrogens with one attached hydrogen (secondary N) is 1. The molecule has 0 bridgehead atoms. The lowest BCUT2D eigenvalue weighted by Gasteiger charge is -2.02. The van der Waals surface area contributed by atoms with Crippen LogP contribution in [0, 0.1) is 6.92 Å². The number of phenols is 1. The maximum atomic E-state index is 9.22. The number of anilines is 1. The van der Waals surface area contributed by atoms with Gasteiger partial charge in [0.15, 0.2) is 0 Å². The molecule has 0 radical (unpaired) electrons. The smallest absolute Gasteiger partial charge is 0.246 e. The Hall–Kier alpha value is -2.89. The summed E-state index contributed by atoms with van der Waals surface area (Å²) in [4.78, 5) is 8.58. The molecule has 6 nitrogen and oxygen atoms in total. The number of nitrogens with zero attached hydrogens (tertiary/aromatic N) is 3. The largest absolute Gasteiger partial charge is 0.508 e. The molecule has 2 N–H and O–H groups in total. The van der Waals surface area contributed by atoms with Crippen molar-refractivity contribution in [3.05, 3.63) is 54.0 Å². The van der Waals surface area contributed by atoms with Crippen molar-refractivity contribution in [2.24, 2.45) is 0 Å². The molecule has 2 aromatic heterocycles. The summed E-state index contributed by atoms with van der Waals surface area (Å²) in [5.41, 5.74) is 2.58. The molecule has 6 heteroatoms. The van der Waals surface area contributed by atoms with Gasteiger partial charge in [0.1, 0.15) is 11.4 Å². The van der Waals surface area contributed by atoms with E-state index in [1.54, 1.807) is 30.5 Å². The molecule has 21 heavy (non-hydrogen) atoms. The first-order valence-electron chi connectivity index (χ1n) is 6.50. The van der Waals surface area contributed by atoms with Crippen LogP contribution in [0.25, 0.3) is 11.5 Å². The maximum Gasteiger partial charge on any atom is 0.246 e. The summed E-state index contributed by atoms with van der Waals surface area (Å²) in [6.07, 6.45) is 1.70. The van der Waals surface area contributed by atoms with E-state index < -0.39 is 0 Å². The van der Waals surface area contributed by atoms with Gasteiger partial charge < -0.3 is 14.9 Å². The Morgan fingerprint density at radius 2 is 2.00 bits per heavy atom. The molecule has 0 spiro atoms. The Labute approximate surface area is 121 Å². The molecule has 3 aromatic rings. The monoisotopic (exact) mass is 282 g/mol.